The van der Waals surface area contributed by atoms with E-state index in [1.54, 1.807) is 0 Å². The van der Waals surface area contributed by atoms with Gasteiger partial charge in [0.15, 0.2) is 5.96 Å². The second kappa shape index (κ2) is 4.91. The number of benzene rings is 1. The van der Waals surface area contributed by atoms with Crippen molar-refractivity contribution in [3.63, 3.8) is 0 Å². The maximum Gasteiger partial charge on any atom is 0.199 e. The summed E-state index contributed by atoms with van der Waals surface area (Å²) in [5, 5.41) is 3.89. The Morgan fingerprint density at radius 1 is 1.56 bits per heavy atom. The Kier molecular flexibility index (Phi) is 3.33. The number of nitrogens with zero attached hydrogens (tertiary/aromatic N) is 2. The molecule has 82 valence electrons. The monoisotopic (exact) mass is 233 g/mol. The van der Waals surface area contributed by atoms with Gasteiger partial charge in [-0.1, -0.05) is 23.6 Å². The Bertz CT molecular complexity index is 448. The largest absolute Gasteiger partial charge is 0.354 e. The summed E-state index contributed by atoms with van der Waals surface area (Å²) in [6, 6.07) is 7.58. The molecule has 2 rings (SSSR count). The molecule has 0 saturated carbocycles. The highest BCUT2D eigenvalue weighted by Gasteiger charge is 2.15. The molecule has 0 bridgehead atoms. The molecular formula is C12H12ClN3. The lowest BCUT2D eigenvalue weighted by atomic mass is 10.3. The zero-order chi connectivity index (χ0) is 11.4. The van der Waals surface area contributed by atoms with Gasteiger partial charge in [-0.05, 0) is 18.2 Å². The quantitative estimate of drug-likeness (QED) is 0.788. The predicted octanol–water partition coefficient (Wildman–Crippen LogP) is 1.74. The molecule has 0 fully saturated rings. The van der Waals surface area contributed by atoms with Crippen LogP contribution in [0.1, 0.15) is 0 Å². The molecule has 1 aliphatic rings. The summed E-state index contributed by atoms with van der Waals surface area (Å²) in [5.41, 5.74) is 0.957. The summed E-state index contributed by atoms with van der Waals surface area (Å²) in [6.45, 7) is 2.13. The van der Waals surface area contributed by atoms with Gasteiger partial charge in [-0.3, -0.25) is 4.99 Å². The Labute approximate surface area is 100 Å². The van der Waals surface area contributed by atoms with Crippen LogP contribution in [0.3, 0.4) is 0 Å². The highest BCUT2D eigenvalue weighted by molar-refractivity contribution is 6.30. The molecule has 0 saturated heterocycles. The van der Waals surface area contributed by atoms with Gasteiger partial charge in [0.1, 0.15) is 0 Å². The maximum absolute atomic E-state index is 5.96. The first-order valence-electron chi connectivity index (χ1n) is 5.06. The number of hydrogen-bond acceptors (Lipinski definition) is 3. The van der Waals surface area contributed by atoms with Crippen LogP contribution < -0.4 is 10.2 Å². The Balaban J connectivity index is 2.29. The fourth-order valence-electron chi connectivity index (χ4n) is 1.59. The van der Waals surface area contributed by atoms with E-state index in [-0.39, 0.29) is 0 Å². The number of anilines is 1. The Hall–Kier alpha value is -1.66. The van der Waals surface area contributed by atoms with Crippen LogP contribution in [-0.4, -0.2) is 25.6 Å². The molecule has 1 aromatic carbocycles. The van der Waals surface area contributed by atoms with Gasteiger partial charge < -0.3 is 10.2 Å². The predicted molar refractivity (Wildman–Crippen MR) is 67.9 cm³/mol. The Morgan fingerprint density at radius 2 is 2.44 bits per heavy atom. The number of rotatable bonds is 2. The van der Waals surface area contributed by atoms with Crippen LogP contribution in [0.15, 0.2) is 29.3 Å². The van der Waals surface area contributed by atoms with E-state index in [0.29, 0.717) is 11.6 Å². The third-order valence-electron chi connectivity index (χ3n) is 2.28. The molecule has 0 radical (unpaired) electrons. The van der Waals surface area contributed by atoms with Crippen LogP contribution in [0.5, 0.6) is 0 Å². The first-order chi connectivity index (χ1) is 7.81. The van der Waals surface area contributed by atoms with Crippen LogP contribution in [0.25, 0.3) is 0 Å². The van der Waals surface area contributed by atoms with Crippen LogP contribution in [-0.2, 0) is 0 Å². The second-order valence-electron chi connectivity index (χ2n) is 3.40. The second-order valence-corrected chi connectivity index (χ2v) is 3.84. The Morgan fingerprint density at radius 3 is 3.06 bits per heavy atom. The van der Waals surface area contributed by atoms with E-state index in [9.17, 15) is 0 Å². The molecule has 1 aromatic rings. The summed E-state index contributed by atoms with van der Waals surface area (Å²) in [6.07, 6.45) is 5.36. The van der Waals surface area contributed by atoms with E-state index < -0.39 is 0 Å². The van der Waals surface area contributed by atoms with Gasteiger partial charge in [-0.2, -0.15) is 0 Å². The van der Waals surface area contributed by atoms with Gasteiger partial charge in [0.05, 0.1) is 13.1 Å². The number of halogens is 1. The maximum atomic E-state index is 5.96. The first-order valence-corrected chi connectivity index (χ1v) is 5.44. The summed E-state index contributed by atoms with van der Waals surface area (Å²) < 4.78 is 0. The lowest BCUT2D eigenvalue weighted by Gasteiger charge is -2.22. The van der Waals surface area contributed by atoms with Crippen molar-refractivity contribution in [1.29, 1.82) is 0 Å². The molecule has 0 atom stereocenters. The van der Waals surface area contributed by atoms with Crippen LogP contribution in [0.4, 0.5) is 5.69 Å². The van der Waals surface area contributed by atoms with Crippen molar-refractivity contribution in [3.8, 4) is 12.3 Å². The van der Waals surface area contributed by atoms with E-state index >= 15 is 0 Å². The first kappa shape index (κ1) is 10.8. The van der Waals surface area contributed by atoms with Crippen molar-refractivity contribution in [2.45, 2.75) is 0 Å². The minimum atomic E-state index is 0.478. The van der Waals surface area contributed by atoms with Gasteiger partial charge in [-0.25, -0.2) is 0 Å². The molecule has 1 N–H and O–H groups in total. The van der Waals surface area contributed by atoms with Crippen molar-refractivity contribution < 1.29 is 0 Å². The summed E-state index contributed by atoms with van der Waals surface area (Å²) in [5.74, 6) is 3.44. The van der Waals surface area contributed by atoms with E-state index in [1.807, 2.05) is 29.2 Å². The van der Waals surface area contributed by atoms with Crippen LogP contribution >= 0.6 is 11.6 Å². The molecule has 0 spiro atoms. The van der Waals surface area contributed by atoms with Crippen LogP contribution in [0, 0.1) is 12.3 Å². The van der Waals surface area contributed by atoms with Crippen molar-refractivity contribution in [1.82, 2.24) is 5.32 Å². The van der Waals surface area contributed by atoms with Gasteiger partial charge in [0, 0.05) is 17.3 Å². The number of aliphatic imine (C=N–C) groups is 1. The minimum Gasteiger partial charge on any atom is -0.354 e. The average Bonchev–Trinajstić information content (AvgIpc) is 2.79. The lowest BCUT2D eigenvalue weighted by Crippen LogP contribution is -2.39. The minimum absolute atomic E-state index is 0.478. The molecule has 0 aliphatic carbocycles. The highest BCUT2D eigenvalue weighted by atomic mass is 35.5. The molecular weight excluding hydrogens is 222 g/mol. The fourth-order valence-corrected chi connectivity index (χ4v) is 1.77. The number of terminal acetylenes is 1. The van der Waals surface area contributed by atoms with E-state index in [1.165, 1.54) is 0 Å². The third kappa shape index (κ3) is 2.29. The van der Waals surface area contributed by atoms with E-state index in [2.05, 4.69) is 16.2 Å². The van der Waals surface area contributed by atoms with Crippen LogP contribution in [0.2, 0.25) is 5.02 Å². The van der Waals surface area contributed by atoms with Gasteiger partial charge in [0.2, 0.25) is 0 Å². The van der Waals surface area contributed by atoms with Gasteiger partial charge >= 0.3 is 0 Å². The molecule has 0 amide bonds. The van der Waals surface area contributed by atoms with E-state index in [4.69, 9.17) is 18.0 Å². The summed E-state index contributed by atoms with van der Waals surface area (Å²) >= 11 is 5.96. The smallest absolute Gasteiger partial charge is 0.199 e. The standard InChI is InChI=1S/C12H12ClN3/c1-2-8-16(12-14-6-7-15-12)11-5-3-4-10(13)9-11/h1,3-5,9H,6-8H2,(H,14,15). The van der Waals surface area contributed by atoms with Crippen molar-refractivity contribution in [2.75, 3.05) is 24.5 Å². The molecule has 0 aromatic heterocycles. The average molecular weight is 234 g/mol. The van der Waals surface area contributed by atoms with Crippen molar-refractivity contribution in [3.05, 3.63) is 29.3 Å². The number of nitrogens with one attached hydrogen (secondary N) is 1. The highest BCUT2D eigenvalue weighted by Crippen LogP contribution is 2.19. The van der Waals surface area contributed by atoms with E-state index in [0.717, 1.165) is 24.7 Å². The van der Waals surface area contributed by atoms with Crippen molar-refractivity contribution >= 4 is 23.2 Å². The van der Waals surface area contributed by atoms with Gasteiger partial charge in [0.25, 0.3) is 0 Å². The molecule has 3 nitrogen and oxygen atoms in total. The zero-order valence-electron chi connectivity index (χ0n) is 8.78. The molecule has 4 heteroatoms. The normalized spacial score (nSPS) is 13.9. The molecule has 16 heavy (non-hydrogen) atoms. The number of guanidine groups is 1. The third-order valence-corrected chi connectivity index (χ3v) is 2.52. The molecule has 0 unspecified atom stereocenters. The topological polar surface area (TPSA) is 27.6 Å². The molecule has 1 aliphatic heterocycles. The SMILES string of the molecule is C#CCN(C1=NCCN1)c1cccc(Cl)c1. The summed E-state index contributed by atoms with van der Waals surface area (Å²) in [7, 11) is 0. The van der Waals surface area contributed by atoms with Crippen molar-refractivity contribution in [2.24, 2.45) is 4.99 Å². The fraction of sp³-hybridized carbons (Fsp3) is 0.250. The summed E-state index contributed by atoms with van der Waals surface area (Å²) in [4.78, 5) is 6.30. The molecule has 1 heterocycles. The zero-order valence-corrected chi connectivity index (χ0v) is 9.54. The number of hydrogen-bond donors (Lipinski definition) is 1. The lowest BCUT2D eigenvalue weighted by molar-refractivity contribution is 0.947. The van der Waals surface area contributed by atoms with Gasteiger partial charge in [-0.15, -0.1) is 6.42 Å².